The molecule has 1 aliphatic carbocycles. The van der Waals surface area contributed by atoms with E-state index in [9.17, 15) is 9.90 Å². The molecule has 0 aliphatic heterocycles. The first kappa shape index (κ1) is 15.4. The fourth-order valence-corrected chi connectivity index (χ4v) is 2.80. The lowest BCUT2D eigenvalue weighted by atomic mass is 9.82. The Balaban J connectivity index is 2.45. The second-order valence-electron chi connectivity index (χ2n) is 5.56. The molecular weight excluding hydrogens is 230 g/mol. The summed E-state index contributed by atoms with van der Waals surface area (Å²) in [6, 6.07) is 0.390. The zero-order valence-corrected chi connectivity index (χ0v) is 11.9. The molecule has 0 aromatic carbocycles. The van der Waals surface area contributed by atoms with E-state index in [0.717, 1.165) is 6.42 Å². The Hall–Kier alpha value is -0.610. The number of ether oxygens (including phenoxy) is 1. The van der Waals surface area contributed by atoms with Crippen molar-refractivity contribution in [2.24, 2.45) is 5.92 Å². The molecule has 1 saturated carbocycles. The first-order valence-electron chi connectivity index (χ1n) is 7.05. The predicted molar refractivity (Wildman–Crippen MR) is 71.3 cm³/mol. The molecule has 0 heterocycles. The summed E-state index contributed by atoms with van der Waals surface area (Å²) in [6.07, 6.45) is 7.49. The van der Waals surface area contributed by atoms with Crippen molar-refractivity contribution in [2.45, 2.75) is 64.0 Å². The van der Waals surface area contributed by atoms with Crippen molar-refractivity contribution < 1.29 is 14.6 Å². The minimum Gasteiger partial charge on any atom is -0.467 e. The average molecular weight is 257 g/mol. The molecule has 0 radical (unpaired) electrons. The zero-order valence-electron chi connectivity index (χ0n) is 11.9. The summed E-state index contributed by atoms with van der Waals surface area (Å²) in [4.78, 5) is 11.4. The summed E-state index contributed by atoms with van der Waals surface area (Å²) in [5.41, 5.74) is -1.43. The van der Waals surface area contributed by atoms with Gasteiger partial charge in [-0.05, 0) is 32.1 Å². The van der Waals surface area contributed by atoms with E-state index in [1.54, 1.807) is 0 Å². The summed E-state index contributed by atoms with van der Waals surface area (Å²) in [7, 11) is 1.30. The number of esters is 1. The molecule has 1 aliphatic rings. The smallest absolute Gasteiger partial charge is 0.338 e. The molecule has 18 heavy (non-hydrogen) atoms. The van der Waals surface area contributed by atoms with Crippen LogP contribution < -0.4 is 5.32 Å². The molecule has 1 fully saturated rings. The lowest BCUT2D eigenvalue weighted by Crippen LogP contribution is -2.50. The quantitative estimate of drug-likeness (QED) is 0.713. The second kappa shape index (κ2) is 7.10. The van der Waals surface area contributed by atoms with Gasteiger partial charge in [-0.3, -0.25) is 0 Å². The van der Waals surface area contributed by atoms with E-state index < -0.39 is 11.6 Å². The number of hydrogen-bond donors (Lipinski definition) is 2. The number of rotatable bonds is 6. The minimum atomic E-state index is -1.43. The van der Waals surface area contributed by atoms with Crippen LogP contribution >= 0.6 is 0 Å². The van der Waals surface area contributed by atoms with E-state index in [2.05, 4.69) is 17.0 Å². The Morgan fingerprint density at radius 2 is 2.06 bits per heavy atom. The van der Waals surface area contributed by atoms with Gasteiger partial charge in [-0.25, -0.2) is 4.79 Å². The second-order valence-corrected chi connectivity index (χ2v) is 5.56. The monoisotopic (exact) mass is 257 g/mol. The molecule has 0 spiro atoms. The highest BCUT2D eigenvalue weighted by atomic mass is 16.5. The summed E-state index contributed by atoms with van der Waals surface area (Å²) < 4.78 is 4.60. The third-order valence-electron chi connectivity index (χ3n) is 3.99. The predicted octanol–water partition coefficient (Wildman–Crippen LogP) is 1.86. The largest absolute Gasteiger partial charge is 0.467 e. The summed E-state index contributed by atoms with van der Waals surface area (Å²) in [5, 5.41) is 13.3. The van der Waals surface area contributed by atoms with Crippen LogP contribution in [-0.4, -0.2) is 36.4 Å². The van der Waals surface area contributed by atoms with Gasteiger partial charge in [0.25, 0.3) is 0 Å². The number of carbonyl (C=O) groups is 1. The Kier molecular flexibility index (Phi) is 6.09. The van der Waals surface area contributed by atoms with Gasteiger partial charge in [0, 0.05) is 12.6 Å². The number of carbonyl (C=O) groups excluding carboxylic acids is 1. The first-order valence-corrected chi connectivity index (χ1v) is 7.05. The number of nitrogens with one attached hydrogen (secondary N) is 1. The van der Waals surface area contributed by atoms with Crippen LogP contribution in [0.25, 0.3) is 0 Å². The Bertz CT molecular complexity index is 260. The van der Waals surface area contributed by atoms with Gasteiger partial charge in [-0.15, -0.1) is 0 Å². The van der Waals surface area contributed by atoms with E-state index in [-0.39, 0.29) is 6.54 Å². The van der Waals surface area contributed by atoms with Gasteiger partial charge in [0.15, 0.2) is 5.60 Å². The van der Waals surface area contributed by atoms with Crippen molar-refractivity contribution in [3.05, 3.63) is 0 Å². The summed E-state index contributed by atoms with van der Waals surface area (Å²) in [6.45, 7) is 3.91. The first-order chi connectivity index (χ1) is 8.51. The lowest BCUT2D eigenvalue weighted by Gasteiger charge is -2.32. The summed E-state index contributed by atoms with van der Waals surface area (Å²) in [5.74, 6) is 0.102. The van der Waals surface area contributed by atoms with Crippen molar-refractivity contribution in [2.75, 3.05) is 13.7 Å². The van der Waals surface area contributed by atoms with Crippen LogP contribution in [0.1, 0.15) is 52.4 Å². The third kappa shape index (κ3) is 4.25. The highest BCUT2D eigenvalue weighted by molar-refractivity contribution is 5.78. The molecule has 0 aromatic heterocycles. The molecule has 2 N–H and O–H groups in total. The molecule has 0 aromatic rings. The zero-order chi connectivity index (χ0) is 13.6. The van der Waals surface area contributed by atoms with Crippen LogP contribution in [0, 0.1) is 5.92 Å². The van der Waals surface area contributed by atoms with Gasteiger partial charge in [-0.1, -0.05) is 26.2 Å². The van der Waals surface area contributed by atoms with Crippen LogP contribution in [0.2, 0.25) is 0 Å². The van der Waals surface area contributed by atoms with Gasteiger partial charge in [-0.2, -0.15) is 0 Å². The van der Waals surface area contributed by atoms with Gasteiger partial charge in [0.2, 0.25) is 0 Å². The fourth-order valence-electron chi connectivity index (χ4n) is 2.80. The van der Waals surface area contributed by atoms with E-state index in [1.807, 2.05) is 0 Å². The normalized spacial score (nSPS) is 22.2. The van der Waals surface area contributed by atoms with Gasteiger partial charge in [0.1, 0.15) is 0 Å². The highest BCUT2D eigenvalue weighted by Crippen LogP contribution is 2.27. The maximum absolute atomic E-state index is 11.4. The van der Waals surface area contributed by atoms with Crippen molar-refractivity contribution in [1.29, 1.82) is 0 Å². The Morgan fingerprint density at radius 3 is 2.56 bits per heavy atom. The molecule has 0 amide bonds. The minimum absolute atomic E-state index is 0.259. The van der Waals surface area contributed by atoms with Gasteiger partial charge >= 0.3 is 5.97 Å². The van der Waals surface area contributed by atoms with Crippen molar-refractivity contribution in [1.82, 2.24) is 5.32 Å². The maximum atomic E-state index is 11.4. The molecule has 2 atom stereocenters. The van der Waals surface area contributed by atoms with Crippen LogP contribution in [-0.2, 0) is 9.53 Å². The molecular formula is C14H27NO3. The Morgan fingerprint density at radius 1 is 1.44 bits per heavy atom. The van der Waals surface area contributed by atoms with E-state index >= 15 is 0 Å². The summed E-state index contributed by atoms with van der Waals surface area (Å²) >= 11 is 0. The third-order valence-corrected chi connectivity index (χ3v) is 3.99. The van der Waals surface area contributed by atoms with Gasteiger partial charge in [0.05, 0.1) is 7.11 Å². The molecule has 1 rings (SSSR count). The lowest BCUT2D eigenvalue weighted by molar-refractivity contribution is -0.160. The molecule has 2 unspecified atom stereocenters. The SMILES string of the molecule is CCC(NCC(C)(O)C(=O)OC)C1CCCCC1. The van der Waals surface area contributed by atoms with Crippen LogP contribution in [0.15, 0.2) is 0 Å². The number of hydrogen-bond acceptors (Lipinski definition) is 4. The van der Waals surface area contributed by atoms with Crippen LogP contribution in [0.3, 0.4) is 0 Å². The van der Waals surface area contributed by atoms with E-state index in [4.69, 9.17) is 0 Å². The Labute approximate surface area is 110 Å². The fraction of sp³-hybridized carbons (Fsp3) is 0.929. The van der Waals surface area contributed by atoms with Crippen LogP contribution in [0.5, 0.6) is 0 Å². The van der Waals surface area contributed by atoms with Crippen molar-refractivity contribution >= 4 is 5.97 Å². The average Bonchev–Trinajstić information content (AvgIpc) is 2.39. The molecule has 4 heteroatoms. The molecule has 4 nitrogen and oxygen atoms in total. The molecule has 0 saturated heterocycles. The van der Waals surface area contributed by atoms with Crippen LogP contribution in [0.4, 0.5) is 0 Å². The standard InChI is InChI=1S/C14H27NO3/c1-4-12(11-8-6-5-7-9-11)15-10-14(2,17)13(16)18-3/h11-12,15,17H,4-10H2,1-3H3. The van der Waals surface area contributed by atoms with Crippen molar-refractivity contribution in [3.63, 3.8) is 0 Å². The number of methoxy groups -OCH3 is 1. The molecule has 0 bridgehead atoms. The molecule has 106 valence electrons. The highest BCUT2D eigenvalue weighted by Gasteiger charge is 2.33. The van der Waals surface area contributed by atoms with Crippen molar-refractivity contribution in [3.8, 4) is 0 Å². The topological polar surface area (TPSA) is 58.6 Å². The number of aliphatic hydroxyl groups is 1. The van der Waals surface area contributed by atoms with E-state index in [0.29, 0.717) is 12.0 Å². The van der Waals surface area contributed by atoms with E-state index in [1.165, 1.54) is 46.1 Å². The van der Waals surface area contributed by atoms with Gasteiger partial charge < -0.3 is 15.2 Å². The maximum Gasteiger partial charge on any atom is 0.338 e.